The van der Waals surface area contributed by atoms with Gasteiger partial charge in [0.25, 0.3) is 0 Å². The van der Waals surface area contributed by atoms with E-state index in [2.05, 4.69) is 11.4 Å². The lowest BCUT2D eigenvalue weighted by atomic mass is 9.96. The van der Waals surface area contributed by atoms with Crippen LogP contribution in [0.3, 0.4) is 0 Å². The molecule has 10 heteroatoms. The zero-order chi connectivity index (χ0) is 31.2. The first-order valence-corrected chi connectivity index (χ1v) is 15.2. The van der Waals surface area contributed by atoms with Crippen molar-refractivity contribution in [2.24, 2.45) is 0 Å². The summed E-state index contributed by atoms with van der Waals surface area (Å²) < 4.78 is 51.0. The van der Waals surface area contributed by atoms with Gasteiger partial charge in [-0.3, -0.25) is 4.79 Å². The lowest BCUT2D eigenvalue weighted by molar-refractivity contribution is -0.140. The summed E-state index contributed by atoms with van der Waals surface area (Å²) in [6.45, 7) is 6.30. The Morgan fingerprint density at radius 1 is 0.977 bits per heavy atom. The van der Waals surface area contributed by atoms with Crippen molar-refractivity contribution in [3.63, 3.8) is 0 Å². The lowest BCUT2D eigenvalue weighted by Crippen LogP contribution is -2.38. The van der Waals surface area contributed by atoms with Crippen LogP contribution >= 0.6 is 11.8 Å². The summed E-state index contributed by atoms with van der Waals surface area (Å²) in [5, 5.41) is 2.15. The molecule has 0 bridgehead atoms. The van der Waals surface area contributed by atoms with Crippen LogP contribution in [0.15, 0.2) is 66.7 Å². The molecule has 230 valence electrons. The van der Waals surface area contributed by atoms with Gasteiger partial charge in [0, 0.05) is 24.5 Å². The number of alkyl carbamates (subject to hydrolysis) is 1. The Kier molecular flexibility index (Phi) is 10.3. The normalized spacial score (nSPS) is 14.1. The second-order valence-electron chi connectivity index (χ2n) is 11.4. The number of rotatable bonds is 9. The molecule has 0 aliphatic carbocycles. The number of nitrogens with zero attached hydrogens (tertiary/aromatic N) is 1. The number of thioether (sulfide) groups is 1. The number of fused-ring (bicyclic) bond motifs is 1. The summed E-state index contributed by atoms with van der Waals surface area (Å²) in [4.78, 5) is 26.7. The number of alkyl halides is 3. The van der Waals surface area contributed by atoms with E-state index in [1.54, 1.807) is 26.8 Å². The van der Waals surface area contributed by atoms with E-state index in [0.29, 0.717) is 24.5 Å². The van der Waals surface area contributed by atoms with Gasteiger partial charge in [-0.2, -0.15) is 13.2 Å². The first kappa shape index (κ1) is 32.3. The van der Waals surface area contributed by atoms with Crippen LogP contribution in [0.5, 0.6) is 0 Å². The Hall–Kier alpha value is -3.66. The Bertz CT molecular complexity index is 1420. The van der Waals surface area contributed by atoms with Crippen LogP contribution in [0.1, 0.15) is 55.9 Å². The number of hydrogen-bond donors (Lipinski definition) is 1. The number of nitrogens with one attached hydrogen (secondary N) is 1. The molecule has 4 rings (SSSR count). The van der Waals surface area contributed by atoms with Gasteiger partial charge in [-0.1, -0.05) is 48.5 Å². The van der Waals surface area contributed by atoms with Crippen LogP contribution in [-0.2, 0) is 39.2 Å². The standard InChI is InChI=1S/C33H37F3N2O4S/c1-32(2,3)42-31(40)37-29(19-30(39)41-4)43-21-25-13-12-24(22-9-6-5-7-10-22)17-26(25)20-38-16-8-11-23-14-15-27(18-28(23)38)33(34,35)36/h5-7,9-10,12-15,17-18,29H,8,11,16,19-21H2,1-4H3,(H,37,40). The highest BCUT2D eigenvalue weighted by Crippen LogP contribution is 2.37. The molecule has 3 aromatic rings. The Labute approximate surface area is 254 Å². The first-order valence-electron chi connectivity index (χ1n) is 14.1. The number of aryl methyl sites for hydroxylation is 1. The summed E-state index contributed by atoms with van der Waals surface area (Å²) in [6, 6.07) is 20.0. The average molecular weight is 615 g/mol. The van der Waals surface area contributed by atoms with Crippen LogP contribution in [0.25, 0.3) is 11.1 Å². The zero-order valence-electron chi connectivity index (χ0n) is 24.8. The highest BCUT2D eigenvalue weighted by molar-refractivity contribution is 7.99. The van der Waals surface area contributed by atoms with Gasteiger partial charge in [0.05, 0.1) is 24.5 Å². The second kappa shape index (κ2) is 13.8. The molecule has 0 fully saturated rings. The number of halogens is 3. The number of ether oxygens (including phenoxy) is 2. The molecule has 1 amide bonds. The topological polar surface area (TPSA) is 67.9 Å². The van der Waals surface area contributed by atoms with Crippen LogP contribution in [0, 0.1) is 0 Å². The Balaban J connectivity index is 1.64. The maximum absolute atomic E-state index is 13.6. The van der Waals surface area contributed by atoms with Gasteiger partial charge in [0.2, 0.25) is 0 Å². The van der Waals surface area contributed by atoms with Crippen LogP contribution < -0.4 is 10.2 Å². The maximum atomic E-state index is 13.6. The van der Waals surface area contributed by atoms with Gasteiger partial charge < -0.3 is 19.7 Å². The van der Waals surface area contributed by atoms with Crippen molar-refractivity contribution >= 4 is 29.5 Å². The number of amides is 1. The van der Waals surface area contributed by atoms with Crippen LogP contribution in [0.4, 0.5) is 23.7 Å². The van der Waals surface area contributed by atoms with Gasteiger partial charge in [-0.25, -0.2) is 4.79 Å². The SMILES string of the molecule is COC(=O)CC(NC(=O)OC(C)(C)C)SCc1ccc(-c2ccccc2)cc1CN1CCCc2ccc(C(F)(F)F)cc21. The minimum atomic E-state index is -4.43. The summed E-state index contributed by atoms with van der Waals surface area (Å²) >= 11 is 1.36. The van der Waals surface area contributed by atoms with Crippen molar-refractivity contribution in [2.75, 3.05) is 18.6 Å². The highest BCUT2D eigenvalue weighted by Gasteiger charge is 2.32. The number of esters is 1. The minimum absolute atomic E-state index is 0.0580. The summed E-state index contributed by atoms with van der Waals surface area (Å²) in [5.41, 5.74) is 4.04. The molecule has 0 radical (unpaired) electrons. The molecule has 0 aromatic heterocycles. The molecule has 1 aliphatic rings. The summed E-state index contributed by atoms with van der Waals surface area (Å²) in [5.74, 6) is -0.0379. The smallest absolute Gasteiger partial charge is 0.416 e. The van der Waals surface area contributed by atoms with Gasteiger partial charge in [0.1, 0.15) is 5.60 Å². The summed E-state index contributed by atoms with van der Waals surface area (Å²) in [6.07, 6.45) is -3.57. The molecule has 1 unspecified atom stereocenters. The fraction of sp³-hybridized carbons (Fsp3) is 0.394. The van der Waals surface area contributed by atoms with E-state index in [0.717, 1.165) is 46.7 Å². The van der Waals surface area contributed by atoms with Crippen molar-refractivity contribution in [3.8, 4) is 11.1 Å². The number of carbonyl (C=O) groups excluding carboxylic acids is 2. The number of carbonyl (C=O) groups is 2. The van der Waals surface area contributed by atoms with E-state index in [-0.39, 0.29) is 6.42 Å². The molecular formula is C33H37F3N2O4S. The van der Waals surface area contributed by atoms with Crippen molar-refractivity contribution < 1.29 is 32.2 Å². The quantitative estimate of drug-likeness (QED) is 0.195. The Morgan fingerprint density at radius 3 is 2.40 bits per heavy atom. The average Bonchev–Trinajstić information content (AvgIpc) is 2.95. The molecule has 3 aromatic carbocycles. The van der Waals surface area contributed by atoms with Gasteiger partial charge in [-0.05, 0) is 79.6 Å². The number of methoxy groups -OCH3 is 1. The van der Waals surface area contributed by atoms with Gasteiger partial charge >= 0.3 is 18.2 Å². The van der Waals surface area contributed by atoms with Crippen molar-refractivity contribution in [1.82, 2.24) is 5.32 Å². The van der Waals surface area contributed by atoms with Crippen molar-refractivity contribution in [3.05, 3.63) is 89.0 Å². The summed E-state index contributed by atoms with van der Waals surface area (Å²) in [7, 11) is 1.29. The van der Waals surface area contributed by atoms with Crippen molar-refractivity contribution in [2.45, 2.75) is 69.5 Å². The molecule has 1 atom stereocenters. The van der Waals surface area contributed by atoms with Crippen LogP contribution in [-0.4, -0.2) is 36.7 Å². The highest BCUT2D eigenvalue weighted by atomic mass is 32.2. The third kappa shape index (κ3) is 9.16. The predicted octanol–water partition coefficient (Wildman–Crippen LogP) is 7.97. The fourth-order valence-electron chi connectivity index (χ4n) is 4.94. The second-order valence-corrected chi connectivity index (χ2v) is 12.6. The molecule has 6 nitrogen and oxygen atoms in total. The molecule has 1 N–H and O–H groups in total. The minimum Gasteiger partial charge on any atom is -0.469 e. The maximum Gasteiger partial charge on any atom is 0.416 e. The third-order valence-corrected chi connectivity index (χ3v) is 8.16. The van der Waals surface area contributed by atoms with E-state index < -0.39 is 34.8 Å². The zero-order valence-corrected chi connectivity index (χ0v) is 25.6. The number of hydrogen-bond acceptors (Lipinski definition) is 6. The van der Waals surface area contributed by atoms with E-state index in [1.807, 2.05) is 47.4 Å². The Morgan fingerprint density at radius 2 is 1.72 bits per heavy atom. The van der Waals surface area contributed by atoms with E-state index in [9.17, 15) is 22.8 Å². The molecule has 43 heavy (non-hydrogen) atoms. The monoisotopic (exact) mass is 614 g/mol. The first-order chi connectivity index (χ1) is 20.3. The largest absolute Gasteiger partial charge is 0.469 e. The van der Waals surface area contributed by atoms with Gasteiger partial charge in [-0.15, -0.1) is 11.8 Å². The van der Waals surface area contributed by atoms with E-state index in [4.69, 9.17) is 9.47 Å². The predicted molar refractivity (Wildman–Crippen MR) is 164 cm³/mol. The fourth-order valence-corrected chi connectivity index (χ4v) is 6.03. The number of anilines is 1. The molecule has 1 aliphatic heterocycles. The number of benzene rings is 3. The molecular weight excluding hydrogens is 577 g/mol. The van der Waals surface area contributed by atoms with E-state index >= 15 is 0 Å². The molecule has 1 heterocycles. The van der Waals surface area contributed by atoms with Crippen LogP contribution in [0.2, 0.25) is 0 Å². The lowest BCUT2D eigenvalue weighted by Gasteiger charge is -2.33. The molecule has 0 saturated heterocycles. The van der Waals surface area contributed by atoms with Crippen molar-refractivity contribution in [1.29, 1.82) is 0 Å². The molecule has 0 spiro atoms. The van der Waals surface area contributed by atoms with E-state index in [1.165, 1.54) is 24.9 Å². The van der Waals surface area contributed by atoms with Gasteiger partial charge in [0.15, 0.2) is 0 Å². The third-order valence-electron chi connectivity index (χ3n) is 7.00. The molecule has 0 saturated carbocycles.